The Balaban J connectivity index is 4.53. The van der Waals surface area contributed by atoms with Gasteiger partial charge in [-0.05, 0) is 6.42 Å². The first-order valence-corrected chi connectivity index (χ1v) is 4.06. The molecule has 10 heavy (non-hydrogen) atoms. The summed E-state index contributed by atoms with van der Waals surface area (Å²) < 4.78 is 28.8. The minimum absolute atomic E-state index is 0.0636. The van der Waals surface area contributed by atoms with Crippen molar-refractivity contribution in [3.63, 3.8) is 0 Å². The standard InChI is InChI=1S/C4H7NO4S/c1-2-4(5-3-6)10(7,8)9/h4H,2H2,1H3,(H,7,8,9). The lowest BCUT2D eigenvalue weighted by Gasteiger charge is -2.00. The van der Waals surface area contributed by atoms with Crippen molar-refractivity contribution in [3.8, 4) is 0 Å². The molecule has 0 aromatic carbocycles. The summed E-state index contributed by atoms with van der Waals surface area (Å²) in [7, 11) is -4.21. The van der Waals surface area contributed by atoms with Crippen molar-refractivity contribution < 1.29 is 17.8 Å². The molecule has 0 radical (unpaired) electrons. The number of nitrogens with zero attached hydrogens (tertiary/aromatic N) is 1. The summed E-state index contributed by atoms with van der Waals surface area (Å²) in [5.74, 6) is 0. The van der Waals surface area contributed by atoms with Crippen LogP contribution in [0.1, 0.15) is 13.3 Å². The van der Waals surface area contributed by atoms with E-state index in [-0.39, 0.29) is 6.42 Å². The minimum Gasteiger partial charge on any atom is -0.284 e. The zero-order valence-corrected chi connectivity index (χ0v) is 6.13. The van der Waals surface area contributed by atoms with E-state index < -0.39 is 15.5 Å². The van der Waals surface area contributed by atoms with Crippen LogP contribution in [-0.2, 0) is 14.9 Å². The summed E-state index contributed by atoms with van der Waals surface area (Å²) in [6, 6.07) is 0. The molecule has 0 aliphatic carbocycles. The highest BCUT2D eigenvalue weighted by atomic mass is 32.2. The van der Waals surface area contributed by atoms with Crippen LogP contribution in [0.25, 0.3) is 0 Å². The van der Waals surface area contributed by atoms with Gasteiger partial charge in [-0.15, -0.1) is 0 Å². The van der Waals surface area contributed by atoms with Crippen LogP contribution >= 0.6 is 0 Å². The molecule has 0 spiro atoms. The fourth-order valence-corrected chi connectivity index (χ4v) is 1.02. The Labute approximate surface area is 58.5 Å². The van der Waals surface area contributed by atoms with Crippen LogP contribution in [0.4, 0.5) is 0 Å². The average molecular weight is 165 g/mol. The number of aliphatic imine (C=N–C) groups is 1. The van der Waals surface area contributed by atoms with Crippen LogP contribution in [0.3, 0.4) is 0 Å². The molecule has 0 amide bonds. The molecule has 0 aromatic heterocycles. The Kier molecular flexibility index (Phi) is 3.21. The van der Waals surface area contributed by atoms with E-state index in [1.54, 1.807) is 0 Å². The van der Waals surface area contributed by atoms with Crippen LogP contribution in [0.5, 0.6) is 0 Å². The van der Waals surface area contributed by atoms with E-state index in [4.69, 9.17) is 4.55 Å². The molecule has 1 N–H and O–H groups in total. The molecule has 1 unspecified atom stereocenters. The van der Waals surface area contributed by atoms with E-state index in [1.165, 1.54) is 6.92 Å². The molecule has 0 saturated carbocycles. The molecule has 1 atom stereocenters. The van der Waals surface area contributed by atoms with Crippen LogP contribution in [0.2, 0.25) is 0 Å². The quantitative estimate of drug-likeness (QED) is 0.361. The largest absolute Gasteiger partial charge is 0.289 e. The van der Waals surface area contributed by atoms with Crippen molar-refractivity contribution in [3.05, 3.63) is 0 Å². The van der Waals surface area contributed by atoms with Crippen molar-refractivity contribution in [2.45, 2.75) is 18.7 Å². The van der Waals surface area contributed by atoms with Gasteiger partial charge in [-0.1, -0.05) is 6.92 Å². The van der Waals surface area contributed by atoms with Crippen molar-refractivity contribution >= 4 is 16.2 Å². The molecule has 0 rings (SSSR count). The highest BCUT2D eigenvalue weighted by Crippen LogP contribution is 2.03. The maximum absolute atomic E-state index is 10.2. The summed E-state index contributed by atoms with van der Waals surface area (Å²) >= 11 is 0. The van der Waals surface area contributed by atoms with Gasteiger partial charge in [0.1, 0.15) is 0 Å². The first-order chi connectivity index (χ1) is 4.52. The van der Waals surface area contributed by atoms with E-state index in [9.17, 15) is 13.2 Å². The van der Waals surface area contributed by atoms with Gasteiger partial charge in [0, 0.05) is 0 Å². The molecule has 5 nitrogen and oxygen atoms in total. The molecular formula is C4H7NO4S. The third kappa shape index (κ3) is 2.72. The number of isocyanates is 1. The van der Waals surface area contributed by atoms with Crippen LogP contribution in [0.15, 0.2) is 4.99 Å². The summed E-state index contributed by atoms with van der Waals surface area (Å²) in [6.45, 7) is 1.49. The van der Waals surface area contributed by atoms with Gasteiger partial charge in [-0.25, -0.2) is 4.79 Å². The predicted molar refractivity (Wildman–Crippen MR) is 33.7 cm³/mol. The van der Waals surface area contributed by atoms with Crippen molar-refractivity contribution in [1.82, 2.24) is 0 Å². The first-order valence-electron chi connectivity index (χ1n) is 2.55. The topological polar surface area (TPSA) is 83.8 Å². The Morgan fingerprint density at radius 1 is 1.70 bits per heavy atom. The van der Waals surface area contributed by atoms with Crippen molar-refractivity contribution in [2.24, 2.45) is 4.99 Å². The van der Waals surface area contributed by atoms with Crippen LogP contribution in [0, 0.1) is 0 Å². The summed E-state index contributed by atoms with van der Waals surface area (Å²) in [5, 5.41) is -1.36. The summed E-state index contributed by atoms with van der Waals surface area (Å²) in [6.07, 6.45) is 1.12. The Morgan fingerprint density at radius 2 is 2.20 bits per heavy atom. The number of rotatable bonds is 3. The number of hydrogen-bond acceptors (Lipinski definition) is 4. The number of hydrogen-bond donors (Lipinski definition) is 1. The fraction of sp³-hybridized carbons (Fsp3) is 0.750. The molecule has 58 valence electrons. The number of carbonyl (C=O) groups excluding carboxylic acids is 1. The molecule has 6 heteroatoms. The minimum atomic E-state index is -4.21. The zero-order chi connectivity index (χ0) is 8.20. The van der Waals surface area contributed by atoms with Gasteiger partial charge in [0.15, 0.2) is 5.37 Å². The lowest BCUT2D eigenvalue weighted by atomic mass is 10.5. The van der Waals surface area contributed by atoms with E-state index in [1.807, 2.05) is 0 Å². The van der Waals surface area contributed by atoms with Gasteiger partial charge in [0.05, 0.1) is 0 Å². The van der Waals surface area contributed by atoms with E-state index in [2.05, 4.69) is 4.99 Å². The van der Waals surface area contributed by atoms with Gasteiger partial charge in [-0.2, -0.15) is 13.4 Å². The lowest BCUT2D eigenvalue weighted by molar-refractivity contribution is 0.465. The van der Waals surface area contributed by atoms with E-state index in [0.29, 0.717) is 0 Å². The molecule has 0 saturated heterocycles. The average Bonchev–Trinajstić information content (AvgIpc) is 1.80. The molecule has 0 fully saturated rings. The van der Waals surface area contributed by atoms with Gasteiger partial charge >= 0.3 is 0 Å². The second-order valence-corrected chi connectivity index (χ2v) is 3.17. The Bertz CT molecular complexity index is 238. The van der Waals surface area contributed by atoms with Gasteiger partial charge in [-0.3, -0.25) is 4.55 Å². The van der Waals surface area contributed by atoms with Crippen molar-refractivity contribution in [2.75, 3.05) is 0 Å². The molecule has 0 aliphatic heterocycles. The normalized spacial score (nSPS) is 13.8. The molecule has 0 bridgehead atoms. The van der Waals surface area contributed by atoms with E-state index in [0.717, 1.165) is 6.08 Å². The van der Waals surface area contributed by atoms with Gasteiger partial charge in [0.2, 0.25) is 6.08 Å². The SMILES string of the molecule is CCC(N=C=O)S(=O)(=O)O. The van der Waals surface area contributed by atoms with E-state index >= 15 is 0 Å². The summed E-state index contributed by atoms with van der Waals surface area (Å²) in [4.78, 5) is 12.4. The van der Waals surface area contributed by atoms with Crippen LogP contribution < -0.4 is 0 Å². The predicted octanol–water partition coefficient (Wildman–Crippen LogP) is -0.0539. The summed E-state index contributed by atoms with van der Waals surface area (Å²) in [5.41, 5.74) is 0. The smallest absolute Gasteiger partial charge is 0.284 e. The zero-order valence-electron chi connectivity index (χ0n) is 5.31. The lowest BCUT2D eigenvalue weighted by Crippen LogP contribution is -2.16. The molecule has 0 aromatic rings. The second kappa shape index (κ2) is 3.46. The maximum atomic E-state index is 10.2. The van der Waals surface area contributed by atoms with Gasteiger partial charge in [0.25, 0.3) is 10.1 Å². The van der Waals surface area contributed by atoms with Gasteiger partial charge < -0.3 is 0 Å². The third-order valence-corrected chi connectivity index (χ3v) is 2.02. The first kappa shape index (κ1) is 9.29. The Morgan fingerprint density at radius 3 is 2.30 bits per heavy atom. The molecule has 0 aliphatic rings. The maximum Gasteiger partial charge on any atom is 0.289 e. The second-order valence-electron chi connectivity index (χ2n) is 1.60. The monoisotopic (exact) mass is 165 g/mol. The van der Waals surface area contributed by atoms with Crippen molar-refractivity contribution in [1.29, 1.82) is 0 Å². The third-order valence-electron chi connectivity index (χ3n) is 0.890. The Hall–Kier alpha value is -0.710. The fourth-order valence-electron chi connectivity index (χ4n) is 0.427. The molecule has 0 heterocycles. The van der Waals surface area contributed by atoms with Crippen LogP contribution in [-0.4, -0.2) is 24.4 Å². The highest BCUT2D eigenvalue weighted by molar-refractivity contribution is 7.86. The highest BCUT2D eigenvalue weighted by Gasteiger charge is 2.18. The molecular weight excluding hydrogens is 158 g/mol.